The molecule has 4 heteroatoms. The zero-order valence-electron chi connectivity index (χ0n) is 10.8. The number of nitrogens with zero attached hydrogens (tertiary/aromatic N) is 1. The number of nitrogens with one attached hydrogen (secondary N) is 1. The van der Waals surface area contributed by atoms with Crippen molar-refractivity contribution in [1.29, 1.82) is 5.26 Å². The van der Waals surface area contributed by atoms with E-state index in [9.17, 15) is 5.11 Å². The van der Waals surface area contributed by atoms with E-state index in [2.05, 4.69) is 25.2 Å². The largest absolute Gasteiger partial charge is 0.388 e. The van der Waals surface area contributed by atoms with Crippen LogP contribution >= 0.6 is 11.8 Å². The smallest absolute Gasteiger partial charge is 0.0833 e. The van der Waals surface area contributed by atoms with Gasteiger partial charge in [0.25, 0.3) is 0 Å². The lowest BCUT2D eigenvalue weighted by Gasteiger charge is -2.28. The van der Waals surface area contributed by atoms with Crippen LogP contribution in [0.2, 0.25) is 0 Å². The SMILES string of the molecule is CSCC(C)(O)CNCC(C)(C)CCC#N. The van der Waals surface area contributed by atoms with Gasteiger partial charge in [0, 0.05) is 25.3 Å². The van der Waals surface area contributed by atoms with Gasteiger partial charge in [0.2, 0.25) is 0 Å². The quantitative estimate of drug-likeness (QED) is 0.686. The molecule has 0 saturated heterocycles. The van der Waals surface area contributed by atoms with Gasteiger partial charge in [0.05, 0.1) is 11.7 Å². The third kappa shape index (κ3) is 7.98. The van der Waals surface area contributed by atoms with Crippen molar-refractivity contribution in [2.24, 2.45) is 5.41 Å². The number of hydrogen-bond donors (Lipinski definition) is 2. The summed E-state index contributed by atoms with van der Waals surface area (Å²) in [4.78, 5) is 0. The van der Waals surface area contributed by atoms with Gasteiger partial charge >= 0.3 is 0 Å². The molecule has 2 N–H and O–H groups in total. The monoisotopic (exact) mass is 244 g/mol. The number of nitriles is 1. The van der Waals surface area contributed by atoms with Crippen molar-refractivity contribution in [3.63, 3.8) is 0 Å². The molecule has 94 valence electrons. The molecule has 0 radical (unpaired) electrons. The van der Waals surface area contributed by atoms with Crippen LogP contribution in [0.4, 0.5) is 0 Å². The predicted octanol–water partition coefficient (Wildman–Crippen LogP) is 2.02. The van der Waals surface area contributed by atoms with Crippen molar-refractivity contribution in [3.05, 3.63) is 0 Å². The van der Waals surface area contributed by atoms with E-state index in [-0.39, 0.29) is 5.41 Å². The fourth-order valence-corrected chi connectivity index (χ4v) is 2.24. The first kappa shape index (κ1) is 15.8. The molecule has 0 aromatic rings. The second-order valence-electron chi connectivity index (χ2n) is 5.36. The van der Waals surface area contributed by atoms with Crippen molar-refractivity contribution in [2.45, 2.75) is 39.2 Å². The van der Waals surface area contributed by atoms with E-state index in [0.29, 0.717) is 13.0 Å². The second kappa shape index (κ2) is 7.16. The van der Waals surface area contributed by atoms with E-state index in [1.165, 1.54) is 0 Å². The Kier molecular flexibility index (Phi) is 7.05. The minimum Gasteiger partial charge on any atom is -0.388 e. The van der Waals surface area contributed by atoms with Gasteiger partial charge in [0.15, 0.2) is 0 Å². The Labute approximate surface area is 104 Å². The Hall–Kier alpha value is -0.240. The van der Waals surface area contributed by atoms with Crippen LogP contribution in [0.3, 0.4) is 0 Å². The Morgan fingerprint density at radius 3 is 2.44 bits per heavy atom. The van der Waals surface area contributed by atoms with Crippen LogP contribution < -0.4 is 5.32 Å². The lowest BCUT2D eigenvalue weighted by atomic mass is 9.88. The summed E-state index contributed by atoms with van der Waals surface area (Å²) in [6.45, 7) is 7.56. The van der Waals surface area contributed by atoms with Gasteiger partial charge < -0.3 is 10.4 Å². The van der Waals surface area contributed by atoms with Crippen LogP contribution in [0.15, 0.2) is 0 Å². The van der Waals surface area contributed by atoms with Gasteiger partial charge in [-0.25, -0.2) is 0 Å². The summed E-state index contributed by atoms with van der Waals surface area (Å²) >= 11 is 1.65. The van der Waals surface area contributed by atoms with Crippen molar-refractivity contribution in [1.82, 2.24) is 5.32 Å². The van der Waals surface area contributed by atoms with Crippen LogP contribution in [0.25, 0.3) is 0 Å². The Balaban J connectivity index is 3.84. The van der Waals surface area contributed by atoms with E-state index < -0.39 is 5.60 Å². The zero-order valence-corrected chi connectivity index (χ0v) is 11.7. The maximum Gasteiger partial charge on any atom is 0.0833 e. The van der Waals surface area contributed by atoms with Crippen LogP contribution in [-0.4, -0.2) is 35.8 Å². The molecular weight excluding hydrogens is 220 g/mol. The topological polar surface area (TPSA) is 56.0 Å². The highest BCUT2D eigenvalue weighted by Gasteiger charge is 2.22. The highest BCUT2D eigenvalue weighted by Crippen LogP contribution is 2.21. The fraction of sp³-hybridized carbons (Fsp3) is 0.917. The van der Waals surface area contributed by atoms with Crippen molar-refractivity contribution in [2.75, 3.05) is 25.1 Å². The van der Waals surface area contributed by atoms with Gasteiger partial charge in [-0.2, -0.15) is 17.0 Å². The molecule has 0 fully saturated rings. The van der Waals surface area contributed by atoms with Gasteiger partial charge in [0.1, 0.15) is 0 Å². The highest BCUT2D eigenvalue weighted by molar-refractivity contribution is 7.98. The number of aliphatic hydroxyl groups is 1. The van der Waals surface area contributed by atoms with E-state index >= 15 is 0 Å². The summed E-state index contributed by atoms with van der Waals surface area (Å²) in [5.74, 6) is 0.735. The van der Waals surface area contributed by atoms with E-state index in [1.807, 2.05) is 13.2 Å². The lowest BCUT2D eigenvalue weighted by Crippen LogP contribution is -2.43. The minimum atomic E-state index is -0.648. The van der Waals surface area contributed by atoms with E-state index in [4.69, 9.17) is 5.26 Å². The molecule has 0 amide bonds. The lowest BCUT2D eigenvalue weighted by molar-refractivity contribution is 0.0815. The molecule has 3 nitrogen and oxygen atoms in total. The van der Waals surface area contributed by atoms with Crippen LogP contribution in [0, 0.1) is 16.7 Å². The average Bonchev–Trinajstić information content (AvgIpc) is 2.14. The van der Waals surface area contributed by atoms with Gasteiger partial charge in [-0.05, 0) is 25.0 Å². The van der Waals surface area contributed by atoms with Crippen LogP contribution in [-0.2, 0) is 0 Å². The van der Waals surface area contributed by atoms with Gasteiger partial charge in [-0.3, -0.25) is 0 Å². The molecule has 1 atom stereocenters. The molecule has 0 bridgehead atoms. The Morgan fingerprint density at radius 1 is 1.31 bits per heavy atom. The summed E-state index contributed by atoms with van der Waals surface area (Å²) in [7, 11) is 0. The molecule has 0 aliphatic rings. The molecule has 1 unspecified atom stereocenters. The summed E-state index contributed by atoms with van der Waals surface area (Å²) < 4.78 is 0. The molecule has 0 aromatic carbocycles. The molecule has 16 heavy (non-hydrogen) atoms. The number of thioether (sulfide) groups is 1. The minimum absolute atomic E-state index is 0.116. The third-order valence-electron chi connectivity index (χ3n) is 2.48. The second-order valence-corrected chi connectivity index (χ2v) is 6.22. The van der Waals surface area contributed by atoms with Gasteiger partial charge in [-0.15, -0.1) is 0 Å². The van der Waals surface area contributed by atoms with E-state index in [0.717, 1.165) is 18.7 Å². The van der Waals surface area contributed by atoms with Gasteiger partial charge in [-0.1, -0.05) is 13.8 Å². The predicted molar refractivity (Wildman–Crippen MR) is 70.5 cm³/mol. The summed E-state index contributed by atoms with van der Waals surface area (Å²) in [6, 6.07) is 2.17. The summed E-state index contributed by atoms with van der Waals surface area (Å²) in [5.41, 5.74) is -0.532. The molecule has 0 aliphatic heterocycles. The fourth-order valence-electron chi connectivity index (χ4n) is 1.51. The summed E-state index contributed by atoms with van der Waals surface area (Å²) in [6.07, 6.45) is 3.47. The molecule has 0 heterocycles. The van der Waals surface area contributed by atoms with E-state index in [1.54, 1.807) is 11.8 Å². The summed E-state index contributed by atoms with van der Waals surface area (Å²) in [5, 5.41) is 21.8. The maximum absolute atomic E-state index is 9.95. The zero-order chi connectivity index (χ0) is 12.7. The standard InChI is InChI=1S/C12H24N2OS/c1-11(2,6-5-7-13)8-14-9-12(3,15)10-16-4/h14-15H,5-6,8-10H2,1-4H3. The normalized spacial score (nSPS) is 15.5. The molecule has 0 aliphatic carbocycles. The molecule has 0 saturated carbocycles. The Bertz CT molecular complexity index is 234. The van der Waals surface area contributed by atoms with Crippen molar-refractivity contribution in [3.8, 4) is 6.07 Å². The number of rotatable bonds is 8. The Morgan fingerprint density at radius 2 is 1.94 bits per heavy atom. The molecule has 0 spiro atoms. The van der Waals surface area contributed by atoms with Crippen molar-refractivity contribution < 1.29 is 5.11 Å². The van der Waals surface area contributed by atoms with Crippen molar-refractivity contribution >= 4 is 11.8 Å². The third-order valence-corrected chi connectivity index (χ3v) is 3.39. The van der Waals surface area contributed by atoms with Crippen LogP contribution in [0.1, 0.15) is 33.6 Å². The average molecular weight is 244 g/mol. The highest BCUT2D eigenvalue weighted by atomic mass is 32.2. The van der Waals surface area contributed by atoms with Crippen LogP contribution in [0.5, 0.6) is 0 Å². The first-order valence-corrected chi connectivity index (χ1v) is 7.01. The molecular formula is C12H24N2OS. The molecule has 0 rings (SSSR count). The maximum atomic E-state index is 9.95. The number of hydrogen-bond acceptors (Lipinski definition) is 4. The molecule has 0 aromatic heterocycles. The first-order valence-electron chi connectivity index (χ1n) is 5.62. The first-order chi connectivity index (χ1) is 7.33.